The molecule has 0 bridgehead atoms. The molecule has 296 valence electrons. The molecule has 0 fully saturated rings. The summed E-state index contributed by atoms with van der Waals surface area (Å²) in [7, 11) is 0. The Kier molecular flexibility index (Phi) is 8.54. The lowest BCUT2D eigenvalue weighted by atomic mass is 9.65. The van der Waals surface area contributed by atoms with Crippen LogP contribution in [0.2, 0.25) is 0 Å². The Hall–Kier alpha value is -7.87. The van der Waals surface area contributed by atoms with Crippen molar-refractivity contribution in [2.24, 2.45) is 15.0 Å². The molecule has 8 aromatic rings. The first-order valence-corrected chi connectivity index (χ1v) is 21.1. The van der Waals surface area contributed by atoms with Gasteiger partial charge < -0.3 is 15.4 Å². The Balaban J connectivity index is 1.03. The molecule has 1 spiro atoms. The van der Waals surface area contributed by atoms with Gasteiger partial charge in [-0.05, 0) is 57.1 Å². The minimum Gasteiger partial charge on any atom is -0.457 e. The molecule has 12 rings (SSSR count). The Morgan fingerprint density at radius 3 is 1.65 bits per heavy atom. The standard InChI is InChI=1S/C55H40N6O/c1-5-17-35(18-6-1)49-56-50(36-19-7-2-8-20-36)59-53(58-49)39-29-31-42-41-25-13-14-26-43(41)55(46(42)33-39)44-27-15-16-28-47(44)62-48-34-40(30-32-45(48)55)54-60-51(37-21-9-3-10-22-37)57-52(61-54)38-23-11-4-12-24-38/h1-34,51,53-54,60H,(H,57,61)(H,56,58,59). The molecular formula is C55H40N6O. The molecule has 3 atom stereocenters. The van der Waals surface area contributed by atoms with E-state index in [9.17, 15) is 0 Å². The van der Waals surface area contributed by atoms with Crippen molar-refractivity contribution in [3.63, 3.8) is 0 Å². The predicted molar refractivity (Wildman–Crippen MR) is 247 cm³/mol. The van der Waals surface area contributed by atoms with Gasteiger partial charge in [-0.2, -0.15) is 0 Å². The zero-order chi connectivity index (χ0) is 41.0. The summed E-state index contributed by atoms with van der Waals surface area (Å²) in [6, 6.07) is 72.2. The number of para-hydroxylation sites is 1. The normalized spacial score (nSPS) is 19.6. The van der Waals surface area contributed by atoms with Crippen molar-refractivity contribution >= 4 is 17.5 Å². The highest BCUT2D eigenvalue weighted by atomic mass is 16.5. The number of aliphatic imine (C=N–C) groups is 3. The van der Waals surface area contributed by atoms with Crippen LogP contribution >= 0.6 is 0 Å². The van der Waals surface area contributed by atoms with E-state index in [4.69, 9.17) is 19.7 Å². The third-order valence-electron chi connectivity index (χ3n) is 12.5. The van der Waals surface area contributed by atoms with Crippen LogP contribution in [-0.4, -0.2) is 17.5 Å². The van der Waals surface area contributed by atoms with E-state index in [1.165, 1.54) is 22.3 Å². The van der Waals surface area contributed by atoms with Gasteiger partial charge in [0.05, 0.1) is 5.41 Å². The van der Waals surface area contributed by atoms with Crippen molar-refractivity contribution in [1.82, 2.24) is 16.0 Å². The second-order valence-electron chi connectivity index (χ2n) is 16.0. The first-order chi connectivity index (χ1) is 30.7. The van der Waals surface area contributed by atoms with Crippen molar-refractivity contribution in [3.8, 4) is 22.6 Å². The van der Waals surface area contributed by atoms with Crippen LogP contribution in [0.15, 0.2) is 221 Å². The summed E-state index contributed by atoms with van der Waals surface area (Å²) in [4.78, 5) is 15.8. The molecule has 7 nitrogen and oxygen atoms in total. The lowest BCUT2D eigenvalue weighted by Crippen LogP contribution is -2.45. The highest BCUT2D eigenvalue weighted by Gasteiger charge is 2.51. The van der Waals surface area contributed by atoms with Gasteiger partial charge in [-0.15, -0.1) is 0 Å². The Labute approximate surface area is 360 Å². The van der Waals surface area contributed by atoms with Crippen molar-refractivity contribution in [2.75, 3.05) is 0 Å². The quantitative estimate of drug-likeness (QED) is 0.156. The lowest BCUT2D eigenvalue weighted by Gasteiger charge is -2.40. The number of hydrogen-bond donors (Lipinski definition) is 3. The van der Waals surface area contributed by atoms with E-state index >= 15 is 0 Å². The van der Waals surface area contributed by atoms with Crippen LogP contribution < -0.4 is 20.7 Å². The van der Waals surface area contributed by atoms with Gasteiger partial charge in [-0.1, -0.05) is 188 Å². The predicted octanol–water partition coefficient (Wildman–Crippen LogP) is 11.0. The van der Waals surface area contributed by atoms with Crippen LogP contribution in [0, 0.1) is 0 Å². The maximum atomic E-state index is 6.98. The largest absolute Gasteiger partial charge is 0.457 e. The van der Waals surface area contributed by atoms with E-state index in [1.54, 1.807) is 0 Å². The minimum atomic E-state index is -0.678. The molecule has 0 saturated carbocycles. The Morgan fingerprint density at radius 2 is 0.952 bits per heavy atom. The number of fused-ring (bicyclic) bond motifs is 9. The Bertz CT molecular complexity index is 3040. The maximum absolute atomic E-state index is 6.98. The number of benzene rings is 8. The average Bonchev–Trinajstić information content (AvgIpc) is 3.64. The van der Waals surface area contributed by atoms with E-state index in [0.29, 0.717) is 0 Å². The van der Waals surface area contributed by atoms with Crippen LogP contribution in [0.4, 0.5) is 0 Å². The van der Waals surface area contributed by atoms with E-state index in [2.05, 4.69) is 174 Å². The maximum Gasteiger partial charge on any atom is 0.169 e. The number of nitrogens with one attached hydrogen (secondary N) is 3. The fraction of sp³-hybridized carbons (Fsp3) is 0.0727. The lowest BCUT2D eigenvalue weighted by molar-refractivity contribution is 0.403. The van der Waals surface area contributed by atoms with Gasteiger partial charge in [0.1, 0.15) is 41.3 Å². The molecule has 3 unspecified atom stereocenters. The van der Waals surface area contributed by atoms with Crippen LogP contribution in [-0.2, 0) is 5.41 Å². The second kappa shape index (κ2) is 14.7. The van der Waals surface area contributed by atoms with Crippen molar-refractivity contribution in [3.05, 3.63) is 262 Å². The molecular weight excluding hydrogens is 761 g/mol. The topological polar surface area (TPSA) is 82.4 Å². The minimum absolute atomic E-state index is 0.157. The number of amidine groups is 3. The van der Waals surface area contributed by atoms with Gasteiger partial charge in [-0.3, -0.25) is 5.32 Å². The third-order valence-corrected chi connectivity index (χ3v) is 12.5. The number of ether oxygens (including phenoxy) is 1. The van der Waals surface area contributed by atoms with Gasteiger partial charge >= 0.3 is 0 Å². The molecule has 0 amide bonds. The molecule has 0 aromatic heterocycles. The molecule has 4 aliphatic rings. The van der Waals surface area contributed by atoms with Crippen LogP contribution in [0.3, 0.4) is 0 Å². The summed E-state index contributed by atoms with van der Waals surface area (Å²) in [6.07, 6.45) is -0.985. The van der Waals surface area contributed by atoms with E-state index in [1.807, 2.05) is 48.5 Å². The van der Waals surface area contributed by atoms with Gasteiger partial charge in [0.15, 0.2) is 6.17 Å². The molecule has 1 aliphatic carbocycles. The molecule has 7 heteroatoms. The molecule has 62 heavy (non-hydrogen) atoms. The summed E-state index contributed by atoms with van der Waals surface area (Å²) in [5, 5.41) is 11.0. The third kappa shape index (κ3) is 5.89. The summed E-state index contributed by atoms with van der Waals surface area (Å²) in [5.41, 5.74) is 12.5. The fourth-order valence-electron chi connectivity index (χ4n) is 9.64. The van der Waals surface area contributed by atoms with Gasteiger partial charge in [0, 0.05) is 27.8 Å². The monoisotopic (exact) mass is 800 g/mol. The zero-order valence-corrected chi connectivity index (χ0v) is 33.6. The van der Waals surface area contributed by atoms with Crippen LogP contribution in [0.25, 0.3) is 11.1 Å². The first-order valence-electron chi connectivity index (χ1n) is 21.1. The second-order valence-corrected chi connectivity index (χ2v) is 16.0. The number of hydrogen-bond acceptors (Lipinski definition) is 7. The summed E-state index contributed by atoms with van der Waals surface area (Å²) in [5.74, 6) is 4.05. The average molecular weight is 801 g/mol. The van der Waals surface area contributed by atoms with E-state index in [-0.39, 0.29) is 12.3 Å². The smallest absolute Gasteiger partial charge is 0.169 e. The van der Waals surface area contributed by atoms with Gasteiger partial charge in [0.25, 0.3) is 0 Å². The summed E-state index contributed by atoms with van der Waals surface area (Å²) < 4.78 is 6.98. The van der Waals surface area contributed by atoms with Crippen molar-refractivity contribution in [2.45, 2.75) is 23.9 Å². The van der Waals surface area contributed by atoms with E-state index < -0.39 is 11.6 Å². The molecule has 0 radical (unpaired) electrons. The first kappa shape index (κ1) is 36.0. The zero-order valence-electron chi connectivity index (χ0n) is 33.6. The number of nitrogens with zero attached hydrogens (tertiary/aromatic N) is 3. The molecule has 0 saturated heterocycles. The highest BCUT2D eigenvalue weighted by Crippen LogP contribution is 2.62. The highest BCUT2D eigenvalue weighted by molar-refractivity contribution is 6.15. The SMILES string of the molecule is c1ccc(C2=NC(c3ccc4c(c3)C3(c5ccccc5Oc5cc(C6N=C(c7ccccc7)NC(c7ccccc7)N6)ccc53)c3ccccc3-4)N=C(c3ccccc3)N2)cc1. The molecule has 8 aromatic carbocycles. The summed E-state index contributed by atoms with van der Waals surface area (Å²) >= 11 is 0. The van der Waals surface area contributed by atoms with Crippen LogP contribution in [0.1, 0.15) is 74.1 Å². The number of rotatable bonds is 6. The van der Waals surface area contributed by atoms with Crippen LogP contribution in [0.5, 0.6) is 11.5 Å². The molecule has 3 heterocycles. The molecule has 3 aliphatic heterocycles. The molecule has 3 N–H and O–H groups in total. The van der Waals surface area contributed by atoms with Gasteiger partial charge in [-0.25, -0.2) is 15.0 Å². The fourth-order valence-corrected chi connectivity index (χ4v) is 9.64. The summed E-state index contributed by atoms with van der Waals surface area (Å²) in [6.45, 7) is 0. The Morgan fingerprint density at radius 1 is 0.403 bits per heavy atom. The van der Waals surface area contributed by atoms with Gasteiger partial charge in [0.2, 0.25) is 0 Å². The van der Waals surface area contributed by atoms with Crippen molar-refractivity contribution in [1.29, 1.82) is 0 Å². The van der Waals surface area contributed by atoms with E-state index in [0.717, 1.165) is 73.5 Å². The van der Waals surface area contributed by atoms with Crippen molar-refractivity contribution < 1.29 is 4.74 Å².